The van der Waals surface area contributed by atoms with Gasteiger partial charge in [-0.1, -0.05) is 31.4 Å². The molecule has 2 rings (SSSR count). The summed E-state index contributed by atoms with van der Waals surface area (Å²) < 4.78 is 5.00. The van der Waals surface area contributed by atoms with Gasteiger partial charge in [0.2, 0.25) is 0 Å². The molecule has 1 aliphatic rings. The Kier molecular flexibility index (Phi) is 5.57. The fraction of sp³-hybridized carbons (Fsp3) is 0.556. The third-order valence-electron chi connectivity index (χ3n) is 4.32. The minimum atomic E-state index is -1.01. The van der Waals surface area contributed by atoms with Crippen LogP contribution in [0.2, 0.25) is 0 Å². The molecule has 1 saturated carbocycles. The quantitative estimate of drug-likeness (QED) is 0.906. The van der Waals surface area contributed by atoms with Crippen molar-refractivity contribution in [2.45, 2.75) is 50.5 Å². The van der Waals surface area contributed by atoms with E-state index in [0.717, 1.165) is 0 Å². The van der Waals surface area contributed by atoms with Crippen LogP contribution in [0.4, 0.5) is 0 Å². The Balaban J connectivity index is 2.03. The van der Waals surface area contributed by atoms with Gasteiger partial charge in [0.25, 0.3) is 5.91 Å². The molecule has 1 unspecified atom stereocenters. The number of ether oxygens (including phenoxy) is 1. The number of amides is 1. The Hall–Kier alpha value is -1.86. The van der Waals surface area contributed by atoms with E-state index in [-0.39, 0.29) is 12.5 Å². The number of nitrogens with zero attached hydrogens (tertiary/aromatic N) is 1. The second-order valence-electron chi connectivity index (χ2n) is 6.29. The van der Waals surface area contributed by atoms with Gasteiger partial charge < -0.3 is 10.1 Å². The third kappa shape index (κ3) is 4.08. The molecular formula is C18H24N2O2. The van der Waals surface area contributed by atoms with Gasteiger partial charge in [-0.3, -0.25) is 4.79 Å². The number of hydrogen-bond acceptors (Lipinski definition) is 3. The van der Waals surface area contributed by atoms with Gasteiger partial charge in [-0.05, 0) is 43.4 Å². The first kappa shape index (κ1) is 16.5. The maximum absolute atomic E-state index is 12.3. The number of methoxy groups -OCH3 is 1. The number of rotatable bonds is 5. The Morgan fingerprint density at radius 3 is 2.50 bits per heavy atom. The summed E-state index contributed by atoms with van der Waals surface area (Å²) in [6.07, 6.45) is 6.41. The molecule has 1 aromatic rings. The number of carbonyl (C=O) groups is 1. The molecule has 1 amide bonds. The van der Waals surface area contributed by atoms with Gasteiger partial charge >= 0.3 is 0 Å². The van der Waals surface area contributed by atoms with Crippen LogP contribution in [0, 0.1) is 11.3 Å². The molecule has 0 spiro atoms. The van der Waals surface area contributed by atoms with Crippen molar-refractivity contribution in [3.05, 3.63) is 35.4 Å². The first-order chi connectivity index (χ1) is 10.6. The van der Waals surface area contributed by atoms with Crippen molar-refractivity contribution in [2.24, 2.45) is 0 Å². The summed E-state index contributed by atoms with van der Waals surface area (Å²) in [6, 6.07) is 9.88. The molecule has 4 heteroatoms. The molecule has 1 fully saturated rings. The van der Waals surface area contributed by atoms with Gasteiger partial charge in [0, 0.05) is 12.7 Å². The van der Waals surface area contributed by atoms with Gasteiger partial charge in [0.1, 0.15) is 5.54 Å². The van der Waals surface area contributed by atoms with E-state index in [0.29, 0.717) is 11.5 Å². The highest BCUT2D eigenvalue weighted by Gasteiger charge is 2.26. The predicted molar refractivity (Wildman–Crippen MR) is 85.6 cm³/mol. The van der Waals surface area contributed by atoms with Gasteiger partial charge in [-0.15, -0.1) is 0 Å². The lowest BCUT2D eigenvalue weighted by Gasteiger charge is -2.23. The first-order valence-corrected chi connectivity index (χ1v) is 7.90. The highest BCUT2D eigenvalue weighted by molar-refractivity contribution is 5.95. The Bertz CT molecular complexity index is 541. The van der Waals surface area contributed by atoms with Crippen molar-refractivity contribution in [1.82, 2.24) is 5.32 Å². The summed E-state index contributed by atoms with van der Waals surface area (Å²) in [5.74, 6) is 0.389. The van der Waals surface area contributed by atoms with Crippen LogP contribution in [0.5, 0.6) is 0 Å². The van der Waals surface area contributed by atoms with Crippen LogP contribution in [0.3, 0.4) is 0 Å². The zero-order valence-corrected chi connectivity index (χ0v) is 13.4. The molecule has 1 aromatic carbocycles. The van der Waals surface area contributed by atoms with Crippen molar-refractivity contribution in [3.63, 3.8) is 0 Å². The van der Waals surface area contributed by atoms with Crippen LogP contribution >= 0.6 is 0 Å². The van der Waals surface area contributed by atoms with Crippen molar-refractivity contribution in [1.29, 1.82) is 5.26 Å². The molecule has 1 N–H and O–H groups in total. The van der Waals surface area contributed by atoms with E-state index in [1.54, 1.807) is 6.92 Å². The largest absolute Gasteiger partial charge is 0.381 e. The van der Waals surface area contributed by atoms with Crippen molar-refractivity contribution < 1.29 is 9.53 Å². The molecule has 0 aliphatic heterocycles. The Morgan fingerprint density at radius 2 is 1.95 bits per heavy atom. The number of hydrogen-bond donors (Lipinski definition) is 1. The highest BCUT2D eigenvalue weighted by Crippen LogP contribution is 2.32. The van der Waals surface area contributed by atoms with Crippen LogP contribution < -0.4 is 5.32 Å². The topological polar surface area (TPSA) is 62.1 Å². The summed E-state index contributed by atoms with van der Waals surface area (Å²) in [5.41, 5.74) is 0.891. The molecule has 4 nitrogen and oxygen atoms in total. The lowest BCUT2D eigenvalue weighted by Crippen LogP contribution is -2.48. The molecule has 118 valence electrons. The standard InChI is InChI=1S/C18H24N2O2/c1-18(12-19,13-22-2)20-17(21)16-10-8-15(9-11-16)14-6-4-3-5-7-14/h8-11,14H,3-7,13H2,1-2H3,(H,20,21). The number of carbonyl (C=O) groups excluding carboxylic acids is 1. The van der Waals surface area contributed by atoms with E-state index in [4.69, 9.17) is 4.74 Å². The number of benzene rings is 1. The summed E-state index contributed by atoms with van der Waals surface area (Å²) in [4.78, 5) is 12.3. The van der Waals surface area contributed by atoms with E-state index >= 15 is 0 Å². The van der Waals surface area contributed by atoms with Crippen molar-refractivity contribution in [3.8, 4) is 6.07 Å². The third-order valence-corrected chi connectivity index (χ3v) is 4.32. The first-order valence-electron chi connectivity index (χ1n) is 7.90. The molecule has 0 aromatic heterocycles. The van der Waals surface area contributed by atoms with E-state index in [1.165, 1.54) is 44.8 Å². The second-order valence-corrected chi connectivity index (χ2v) is 6.29. The zero-order valence-electron chi connectivity index (χ0n) is 13.4. The average molecular weight is 300 g/mol. The van der Waals surface area contributed by atoms with Crippen LogP contribution in [0.1, 0.15) is 60.9 Å². The second kappa shape index (κ2) is 7.42. The molecular weight excluding hydrogens is 276 g/mol. The van der Waals surface area contributed by atoms with E-state index in [1.807, 2.05) is 24.3 Å². The summed E-state index contributed by atoms with van der Waals surface area (Å²) >= 11 is 0. The summed E-state index contributed by atoms with van der Waals surface area (Å²) in [6.45, 7) is 1.82. The SMILES string of the molecule is COCC(C)(C#N)NC(=O)c1ccc(C2CCCCC2)cc1. The van der Waals surface area contributed by atoms with Crippen molar-refractivity contribution in [2.75, 3.05) is 13.7 Å². The molecule has 22 heavy (non-hydrogen) atoms. The van der Waals surface area contributed by atoms with E-state index in [2.05, 4.69) is 11.4 Å². The van der Waals surface area contributed by atoms with Gasteiger partial charge in [-0.25, -0.2) is 0 Å². The molecule has 1 aliphatic carbocycles. The maximum atomic E-state index is 12.3. The lowest BCUT2D eigenvalue weighted by molar-refractivity contribution is 0.0860. The molecule has 0 heterocycles. The zero-order chi connectivity index (χ0) is 16.0. The Labute approximate surface area is 132 Å². The maximum Gasteiger partial charge on any atom is 0.252 e. The molecule has 0 saturated heterocycles. The highest BCUT2D eigenvalue weighted by atomic mass is 16.5. The number of nitriles is 1. The lowest BCUT2D eigenvalue weighted by atomic mass is 9.84. The summed E-state index contributed by atoms with van der Waals surface area (Å²) in [5, 5.41) is 11.9. The fourth-order valence-corrected chi connectivity index (χ4v) is 3.05. The van der Waals surface area contributed by atoms with Gasteiger partial charge in [0.15, 0.2) is 0 Å². The predicted octanol–water partition coefficient (Wildman–Crippen LogP) is 3.39. The van der Waals surface area contributed by atoms with Crippen LogP contribution in [-0.2, 0) is 4.74 Å². The van der Waals surface area contributed by atoms with E-state index in [9.17, 15) is 10.1 Å². The molecule has 0 radical (unpaired) electrons. The smallest absolute Gasteiger partial charge is 0.252 e. The Morgan fingerprint density at radius 1 is 1.32 bits per heavy atom. The van der Waals surface area contributed by atoms with Crippen LogP contribution in [0.25, 0.3) is 0 Å². The summed E-state index contributed by atoms with van der Waals surface area (Å²) in [7, 11) is 1.51. The average Bonchev–Trinajstić information content (AvgIpc) is 2.56. The van der Waals surface area contributed by atoms with Crippen molar-refractivity contribution >= 4 is 5.91 Å². The fourth-order valence-electron chi connectivity index (χ4n) is 3.05. The van der Waals surface area contributed by atoms with Gasteiger partial charge in [-0.2, -0.15) is 5.26 Å². The minimum absolute atomic E-state index is 0.162. The monoisotopic (exact) mass is 300 g/mol. The normalized spacial score (nSPS) is 18.2. The minimum Gasteiger partial charge on any atom is -0.381 e. The molecule has 0 bridgehead atoms. The van der Waals surface area contributed by atoms with Crippen LogP contribution in [0.15, 0.2) is 24.3 Å². The number of nitrogens with one attached hydrogen (secondary N) is 1. The van der Waals surface area contributed by atoms with Gasteiger partial charge in [0.05, 0.1) is 12.7 Å². The van der Waals surface area contributed by atoms with E-state index < -0.39 is 5.54 Å². The van der Waals surface area contributed by atoms with Crippen LogP contribution in [-0.4, -0.2) is 25.2 Å². The molecule has 1 atom stereocenters.